The molecule has 0 aliphatic carbocycles. The number of furan rings is 1. The number of nitrogens with zero attached hydrogens (tertiary/aromatic N) is 1. The summed E-state index contributed by atoms with van der Waals surface area (Å²) >= 11 is 0. The Labute approximate surface area is 162 Å². The smallest absolute Gasteiger partial charge is 0.224 e. The zero-order valence-electron chi connectivity index (χ0n) is 15.6. The predicted octanol–water partition coefficient (Wildman–Crippen LogP) is 4.14. The maximum absolute atomic E-state index is 12.3. The van der Waals surface area contributed by atoms with Gasteiger partial charge in [0.05, 0.1) is 12.5 Å². The van der Waals surface area contributed by atoms with Gasteiger partial charge >= 0.3 is 0 Å². The molecule has 0 saturated carbocycles. The molecule has 26 heavy (non-hydrogen) atoms. The number of likely N-dealkylation sites (tertiary alicyclic amines) is 1. The molecular weight excluding hydrogens is 348 g/mol. The van der Waals surface area contributed by atoms with Crippen LogP contribution in [-0.2, 0) is 11.2 Å². The fourth-order valence-corrected chi connectivity index (χ4v) is 3.44. The lowest BCUT2D eigenvalue weighted by Crippen LogP contribution is -2.42. The number of amides is 1. The summed E-state index contributed by atoms with van der Waals surface area (Å²) in [5, 5.41) is 3.11. The van der Waals surface area contributed by atoms with Crippen LogP contribution in [0.25, 0.3) is 0 Å². The summed E-state index contributed by atoms with van der Waals surface area (Å²) in [6.45, 7) is 6.98. The van der Waals surface area contributed by atoms with Gasteiger partial charge in [0, 0.05) is 6.54 Å². The maximum Gasteiger partial charge on any atom is 0.224 e. The van der Waals surface area contributed by atoms with Crippen LogP contribution in [0.3, 0.4) is 0 Å². The van der Waals surface area contributed by atoms with Gasteiger partial charge in [0.25, 0.3) is 0 Å². The SMILES string of the molecule is Cc1ccc(C(CNC(=O)Cc2ccccc2)N2CCC(C)CC2)o1.Cl. The fourth-order valence-electron chi connectivity index (χ4n) is 3.44. The minimum atomic E-state index is 0. The third kappa shape index (κ3) is 5.61. The van der Waals surface area contributed by atoms with Crippen molar-refractivity contribution >= 4 is 18.3 Å². The zero-order valence-corrected chi connectivity index (χ0v) is 16.4. The number of carbonyl (C=O) groups is 1. The summed E-state index contributed by atoms with van der Waals surface area (Å²) in [6, 6.07) is 14.0. The van der Waals surface area contributed by atoms with E-state index in [0.29, 0.717) is 13.0 Å². The van der Waals surface area contributed by atoms with Crippen molar-refractivity contribution in [2.75, 3.05) is 19.6 Å². The van der Waals surface area contributed by atoms with Gasteiger partial charge in [0.15, 0.2) is 0 Å². The molecule has 1 aromatic heterocycles. The molecule has 1 aliphatic heterocycles. The monoisotopic (exact) mass is 376 g/mol. The van der Waals surface area contributed by atoms with Crippen molar-refractivity contribution in [1.29, 1.82) is 0 Å². The van der Waals surface area contributed by atoms with Gasteiger partial charge in [-0.05, 0) is 56.5 Å². The van der Waals surface area contributed by atoms with E-state index in [1.54, 1.807) is 0 Å². The van der Waals surface area contributed by atoms with Gasteiger partial charge in [-0.2, -0.15) is 0 Å². The molecule has 1 N–H and O–H groups in total. The number of benzene rings is 1. The molecule has 1 aliphatic rings. The molecule has 1 aromatic carbocycles. The largest absolute Gasteiger partial charge is 0.465 e. The summed E-state index contributed by atoms with van der Waals surface area (Å²) in [7, 11) is 0. The van der Waals surface area contributed by atoms with Crippen molar-refractivity contribution in [2.24, 2.45) is 5.92 Å². The number of piperidine rings is 1. The van der Waals surface area contributed by atoms with Gasteiger partial charge in [0.1, 0.15) is 11.5 Å². The van der Waals surface area contributed by atoms with Crippen molar-refractivity contribution in [3.63, 3.8) is 0 Å². The van der Waals surface area contributed by atoms with Gasteiger partial charge in [-0.3, -0.25) is 9.69 Å². The number of halogens is 1. The molecule has 4 nitrogen and oxygen atoms in total. The van der Waals surface area contributed by atoms with Crippen molar-refractivity contribution in [2.45, 2.75) is 39.2 Å². The van der Waals surface area contributed by atoms with Crippen LogP contribution < -0.4 is 5.32 Å². The zero-order chi connectivity index (χ0) is 17.6. The Morgan fingerprint density at radius 3 is 2.50 bits per heavy atom. The molecule has 2 heterocycles. The highest BCUT2D eigenvalue weighted by Gasteiger charge is 2.27. The van der Waals surface area contributed by atoms with Crippen LogP contribution in [0.5, 0.6) is 0 Å². The molecule has 1 amide bonds. The maximum atomic E-state index is 12.3. The van der Waals surface area contributed by atoms with E-state index in [4.69, 9.17) is 4.42 Å². The molecule has 1 unspecified atom stereocenters. The molecule has 0 spiro atoms. The molecule has 2 aromatic rings. The minimum absolute atomic E-state index is 0. The molecule has 1 fully saturated rings. The van der Waals surface area contributed by atoms with Crippen LogP contribution in [0.4, 0.5) is 0 Å². The van der Waals surface area contributed by atoms with Crippen LogP contribution in [0, 0.1) is 12.8 Å². The lowest BCUT2D eigenvalue weighted by Gasteiger charge is -2.35. The molecule has 3 rings (SSSR count). The number of nitrogens with one attached hydrogen (secondary N) is 1. The Kier molecular flexibility index (Phi) is 7.73. The molecule has 5 heteroatoms. The van der Waals surface area contributed by atoms with Crippen LogP contribution in [0.1, 0.15) is 42.9 Å². The van der Waals surface area contributed by atoms with Gasteiger partial charge in [0.2, 0.25) is 5.91 Å². The highest BCUT2D eigenvalue weighted by atomic mass is 35.5. The molecule has 1 saturated heterocycles. The van der Waals surface area contributed by atoms with Crippen LogP contribution in [-0.4, -0.2) is 30.4 Å². The topological polar surface area (TPSA) is 45.5 Å². The van der Waals surface area contributed by atoms with Gasteiger partial charge in [-0.1, -0.05) is 37.3 Å². The number of carbonyl (C=O) groups excluding carboxylic acids is 1. The van der Waals surface area contributed by atoms with Crippen molar-refractivity contribution in [3.8, 4) is 0 Å². The second-order valence-electron chi connectivity index (χ2n) is 7.15. The Hall–Kier alpha value is -1.78. The number of hydrogen-bond donors (Lipinski definition) is 1. The van der Waals surface area contributed by atoms with E-state index in [1.807, 2.05) is 49.4 Å². The van der Waals surface area contributed by atoms with E-state index in [2.05, 4.69) is 17.1 Å². The van der Waals surface area contributed by atoms with Crippen molar-refractivity contribution in [1.82, 2.24) is 10.2 Å². The van der Waals surface area contributed by atoms with E-state index in [1.165, 1.54) is 12.8 Å². The van der Waals surface area contributed by atoms with Crippen molar-refractivity contribution < 1.29 is 9.21 Å². The van der Waals surface area contributed by atoms with Crippen LogP contribution in [0.2, 0.25) is 0 Å². The summed E-state index contributed by atoms with van der Waals surface area (Å²) in [5.41, 5.74) is 1.04. The average molecular weight is 377 g/mol. The van der Waals surface area contributed by atoms with E-state index in [-0.39, 0.29) is 24.4 Å². The molecule has 0 radical (unpaired) electrons. The van der Waals surface area contributed by atoms with E-state index in [0.717, 1.165) is 36.1 Å². The summed E-state index contributed by atoms with van der Waals surface area (Å²) in [5.74, 6) is 2.71. The van der Waals surface area contributed by atoms with Gasteiger partial charge < -0.3 is 9.73 Å². The third-order valence-corrected chi connectivity index (χ3v) is 5.05. The number of hydrogen-bond acceptors (Lipinski definition) is 3. The lowest BCUT2D eigenvalue weighted by atomic mass is 9.97. The quantitative estimate of drug-likeness (QED) is 0.824. The lowest BCUT2D eigenvalue weighted by molar-refractivity contribution is -0.120. The Morgan fingerprint density at radius 2 is 1.88 bits per heavy atom. The highest BCUT2D eigenvalue weighted by Crippen LogP contribution is 2.27. The van der Waals surface area contributed by atoms with Crippen LogP contribution >= 0.6 is 12.4 Å². The summed E-state index contributed by atoms with van der Waals surface area (Å²) in [6.07, 6.45) is 2.82. The third-order valence-electron chi connectivity index (χ3n) is 5.05. The number of aryl methyl sites for hydroxylation is 1. The standard InChI is InChI=1S/C21H28N2O2.ClH/c1-16-10-12-23(13-11-16)19(20-9-8-17(2)25-20)15-22-21(24)14-18-6-4-3-5-7-18;/h3-9,16,19H,10-15H2,1-2H3,(H,22,24);1H. The minimum Gasteiger partial charge on any atom is -0.465 e. The normalized spacial score (nSPS) is 16.7. The molecular formula is C21H29ClN2O2. The second-order valence-corrected chi connectivity index (χ2v) is 7.15. The first-order chi connectivity index (χ1) is 12.1. The first-order valence-electron chi connectivity index (χ1n) is 9.23. The predicted molar refractivity (Wildman–Crippen MR) is 107 cm³/mol. The van der Waals surface area contributed by atoms with E-state index < -0.39 is 0 Å². The highest BCUT2D eigenvalue weighted by molar-refractivity contribution is 5.85. The fraction of sp³-hybridized carbons (Fsp3) is 0.476. The molecule has 0 bridgehead atoms. The van der Waals surface area contributed by atoms with Crippen molar-refractivity contribution in [3.05, 3.63) is 59.5 Å². The average Bonchev–Trinajstić information content (AvgIpc) is 3.04. The van der Waals surface area contributed by atoms with Gasteiger partial charge in [-0.15, -0.1) is 12.4 Å². The van der Waals surface area contributed by atoms with E-state index >= 15 is 0 Å². The summed E-state index contributed by atoms with van der Waals surface area (Å²) < 4.78 is 5.88. The second kappa shape index (κ2) is 9.79. The summed E-state index contributed by atoms with van der Waals surface area (Å²) in [4.78, 5) is 14.8. The van der Waals surface area contributed by atoms with E-state index in [9.17, 15) is 4.79 Å². The Morgan fingerprint density at radius 1 is 1.19 bits per heavy atom. The first-order valence-corrected chi connectivity index (χ1v) is 9.23. The molecule has 142 valence electrons. The number of rotatable bonds is 6. The Bertz CT molecular complexity index is 678. The van der Waals surface area contributed by atoms with Crippen LogP contribution in [0.15, 0.2) is 46.9 Å². The van der Waals surface area contributed by atoms with Gasteiger partial charge in [-0.25, -0.2) is 0 Å². The molecule has 1 atom stereocenters. The first kappa shape index (κ1) is 20.5. The Balaban J connectivity index is 0.00000243.